The molecule has 0 heterocycles. The molecule has 0 unspecified atom stereocenters. The van der Waals surface area contributed by atoms with Crippen molar-refractivity contribution in [3.63, 3.8) is 0 Å². The van der Waals surface area contributed by atoms with Crippen LogP contribution in [0.5, 0.6) is 0 Å². The molecule has 0 bridgehead atoms. The average molecular weight is 537 g/mol. The maximum absolute atomic E-state index is 12.6. The molecule has 0 aliphatic rings. The van der Waals surface area contributed by atoms with Crippen molar-refractivity contribution in [1.29, 1.82) is 0 Å². The summed E-state index contributed by atoms with van der Waals surface area (Å²) in [5.41, 5.74) is -1.33. The lowest BCUT2D eigenvalue weighted by molar-refractivity contribution is -0.140. The van der Waals surface area contributed by atoms with Gasteiger partial charge in [-0.15, -0.1) is 0 Å². The van der Waals surface area contributed by atoms with Crippen molar-refractivity contribution in [3.8, 4) is 0 Å². The maximum atomic E-state index is 12.6. The summed E-state index contributed by atoms with van der Waals surface area (Å²) in [7, 11) is 0. The number of unbranched alkanes of at least 4 members (excludes halogenated alkanes) is 1. The number of hydrogen-bond acceptors (Lipinski definition) is 9. The molecule has 0 fully saturated rings. The molecule has 0 aliphatic carbocycles. The average Bonchev–Trinajstić information content (AvgIpc) is 2.82. The van der Waals surface area contributed by atoms with Gasteiger partial charge in [-0.25, -0.2) is 0 Å². The fourth-order valence-electron chi connectivity index (χ4n) is 2.83. The maximum Gasteiger partial charge on any atom is 0.305 e. The van der Waals surface area contributed by atoms with E-state index in [0.717, 1.165) is 12.8 Å². The number of nitrogens with one attached hydrogen (secondary N) is 2. The van der Waals surface area contributed by atoms with Gasteiger partial charge in [0.05, 0.1) is 72.1 Å². The third-order valence-corrected chi connectivity index (χ3v) is 4.72. The van der Waals surface area contributed by atoms with Crippen LogP contribution < -0.4 is 10.6 Å². The Bertz CT molecular complexity index is 646. The molecule has 5 N–H and O–H groups in total. The molecule has 0 spiro atoms. The van der Waals surface area contributed by atoms with Crippen LogP contribution in [-0.4, -0.2) is 110 Å². The van der Waals surface area contributed by atoms with Gasteiger partial charge in [0.1, 0.15) is 5.54 Å². The topological polar surface area (TPSA) is 207 Å². The van der Waals surface area contributed by atoms with Crippen molar-refractivity contribution < 1.29 is 58.2 Å². The molecular formula is C23H40N2O12. The monoisotopic (exact) mass is 536 g/mol. The largest absolute Gasteiger partial charge is 0.481 e. The molecule has 14 nitrogen and oxygen atoms in total. The lowest BCUT2D eigenvalue weighted by Crippen LogP contribution is -2.59. The van der Waals surface area contributed by atoms with Gasteiger partial charge in [-0.3, -0.25) is 24.0 Å². The molecule has 14 heteroatoms. The summed E-state index contributed by atoms with van der Waals surface area (Å²) in [6.45, 7) is 1.39. The van der Waals surface area contributed by atoms with Gasteiger partial charge in [-0.2, -0.15) is 0 Å². The summed E-state index contributed by atoms with van der Waals surface area (Å²) in [5, 5.41) is 31.9. The predicted octanol–water partition coefficient (Wildman–Crippen LogP) is 0.0284. The van der Waals surface area contributed by atoms with Crippen molar-refractivity contribution >= 4 is 29.7 Å². The van der Waals surface area contributed by atoms with Gasteiger partial charge in [0.15, 0.2) is 0 Å². The molecule has 0 atom stereocenters. The number of carboxylic acids is 3. The predicted molar refractivity (Wildman–Crippen MR) is 128 cm³/mol. The fourth-order valence-corrected chi connectivity index (χ4v) is 2.83. The second kappa shape index (κ2) is 21.3. The molecule has 214 valence electrons. The molecule has 37 heavy (non-hydrogen) atoms. The first-order valence-electron chi connectivity index (χ1n) is 12.1. The molecule has 0 aromatic rings. The van der Waals surface area contributed by atoms with Crippen LogP contribution in [-0.2, 0) is 42.9 Å². The van der Waals surface area contributed by atoms with E-state index in [2.05, 4.69) is 10.6 Å². The van der Waals surface area contributed by atoms with Crippen molar-refractivity contribution in [1.82, 2.24) is 10.6 Å². The Morgan fingerprint density at radius 1 is 0.622 bits per heavy atom. The number of rotatable bonds is 25. The van der Waals surface area contributed by atoms with Crippen LogP contribution in [0.2, 0.25) is 0 Å². The smallest absolute Gasteiger partial charge is 0.305 e. The highest BCUT2D eigenvalue weighted by Crippen LogP contribution is 2.11. The zero-order chi connectivity index (χ0) is 27.9. The number of carbonyl (C=O) groups excluding carboxylic acids is 2. The second-order valence-electron chi connectivity index (χ2n) is 8.23. The Morgan fingerprint density at radius 3 is 1.51 bits per heavy atom. The molecule has 0 saturated carbocycles. The summed E-state index contributed by atoms with van der Waals surface area (Å²) < 4.78 is 21.6. The van der Waals surface area contributed by atoms with E-state index < -0.39 is 29.4 Å². The number of hydrogen-bond donors (Lipinski definition) is 5. The zero-order valence-corrected chi connectivity index (χ0v) is 21.3. The van der Waals surface area contributed by atoms with Crippen LogP contribution in [0.15, 0.2) is 0 Å². The van der Waals surface area contributed by atoms with E-state index in [1.165, 1.54) is 0 Å². The van der Waals surface area contributed by atoms with E-state index in [1.807, 2.05) is 6.92 Å². The number of ether oxygens (including phenoxy) is 4. The van der Waals surface area contributed by atoms with E-state index in [4.69, 9.17) is 34.3 Å². The Balaban J connectivity index is 4.94. The minimum Gasteiger partial charge on any atom is -0.481 e. The number of aliphatic carboxylic acids is 3. The van der Waals surface area contributed by atoms with Gasteiger partial charge >= 0.3 is 17.9 Å². The fraction of sp³-hybridized carbons (Fsp3) is 0.783. The highest BCUT2D eigenvalue weighted by molar-refractivity contribution is 5.77. The van der Waals surface area contributed by atoms with Crippen molar-refractivity contribution in [2.24, 2.45) is 0 Å². The second-order valence-corrected chi connectivity index (χ2v) is 8.23. The van der Waals surface area contributed by atoms with Crippen molar-refractivity contribution in [3.05, 3.63) is 0 Å². The van der Waals surface area contributed by atoms with Crippen molar-refractivity contribution in [2.75, 3.05) is 59.4 Å². The quantitative estimate of drug-likeness (QED) is 0.0979. The van der Waals surface area contributed by atoms with E-state index in [9.17, 15) is 24.0 Å². The molecular weight excluding hydrogens is 496 g/mol. The Labute approximate surface area is 216 Å². The molecule has 0 aromatic carbocycles. The van der Waals surface area contributed by atoms with E-state index in [-0.39, 0.29) is 84.4 Å². The number of amides is 2. The molecule has 0 radical (unpaired) electrons. The highest BCUT2D eigenvalue weighted by Gasteiger charge is 2.34. The van der Waals surface area contributed by atoms with Gasteiger partial charge in [0.2, 0.25) is 11.8 Å². The minimum absolute atomic E-state index is 0.0480. The van der Waals surface area contributed by atoms with Crippen LogP contribution in [0.25, 0.3) is 0 Å². The summed E-state index contributed by atoms with van der Waals surface area (Å²) in [6, 6.07) is 0. The summed E-state index contributed by atoms with van der Waals surface area (Å²) in [6.07, 6.45) is 1.24. The number of carbonyl (C=O) groups is 5. The lowest BCUT2D eigenvalue weighted by Gasteiger charge is -2.34. The molecule has 2 amide bonds. The normalized spacial score (nSPS) is 11.2. The minimum atomic E-state index is -1.33. The van der Waals surface area contributed by atoms with Gasteiger partial charge in [-0.1, -0.05) is 13.3 Å². The zero-order valence-electron chi connectivity index (χ0n) is 21.3. The van der Waals surface area contributed by atoms with Crippen LogP contribution in [0.3, 0.4) is 0 Å². The highest BCUT2D eigenvalue weighted by atomic mass is 16.5. The van der Waals surface area contributed by atoms with Gasteiger partial charge < -0.3 is 44.9 Å². The van der Waals surface area contributed by atoms with Crippen LogP contribution in [0.4, 0.5) is 0 Å². The summed E-state index contributed by atoms with van der Waals surface area (Å²) >= 11 is 0. The Kier molecular flexibility index (Phi) is 19.7. The van der Waals surface area contributed by atoms with Crippen LogP contribution >= 0.6 is 0 Å². The van der Waals surface area contributed by atoms with E-state index >= 15 is 0 Å². The molecule has 0 saturated heterocycles. The van der Waals surface area contributed by atoms with Crippen LogP contribution in [0, 0.1) is 0 Å². The Hall–Kier alpha value is -2.81. The first kappa shape index (κ1) is 34.2. The Morgan fingerprint density at radius 2 is 1.08 bits per heavy atom. The molecule has 0 aliphatic heterocycles. The third kappa shape index (κ3) is 21.0. The van der Waals surface area contributed by atoms with Gasteiger partial charge in [0.25, 0.3) is 0 Å². The first-order chi connectivity index (χ1) is 17.6. The standard InChI is InChI=1S/C23H40N2O12/c1-2-3-4-18(26)24-9-14-34-10-5-19(27)25-23(15-35-11-6-20(28)29,16-36-12-7-21(30)31)17-37-13-8-22(32)33/h2-17H2,1H3,(H,24,26)(H,25,27)(H,28,29)(H,30,31)(H,32,33). The lowest BCUT2D eigenvalue weighted by atomic mass is 10.0. The van der Waals surface area contributed by atoms with Crippen molar-refractivity contribution in [2.45, 2.75) is 57.4 Å². The SMILES string of the molecule is CCCCC(=O)NCCOCCC(=O)NC(COCCC(=O)O)(COCCC(=O)O)COCCC(=O)O. The van der Waals surface area contributed by atoms with Gasteiger partial charge in [0, 0.05) is 19.4 Å². The van der Waals surface area contributed by atoms with Gasteiger partial charge in [-0.05, 0) is 6.42 Å². The number of carboxylic acid groups (broad SMARTS) is 3. The summed E-state index contributed by atoms with van der Waals surface area (Å²) in [4.78, 5) is 56.5. The summed E-state index contributed by atoms with van der Waals surface area (Å²) in [5.74, 6) is -3.78. The van der Waals surface area contributed by atoms with E-state index in [0.29, 0.717) is 13.0 Å². The van der Waals surface area contributed by atoms with Crippen LogP contribution in [0.1, 0.15) is 51.9 Å². The first-order valence-corrected chi connectivity index (χ1v) is 12.1. The van der Waals surface area contributed by atoms with E-state index in [1.54, 1.807) is 0 Å². The molecule has 0 aromatic heterocycles. The third-order valence-electron chi connectivity index (χ3n) is 4.72. The molecule has 0 rings (SSSR count).